The molecular weight excluding hydrogens is 518 g/mol. The standard InChI is InChI=1S/C24H21N5O6S2/c1-14-4-7-18(22(10-14)37(31,32)33)23-26-28(20-9-6-16(34-2)11-15(20)13-30)29(27-23)24-25-19-8-5-17(35-3)12-21(19)36-24/h4-12,30H,13H2,1-3H3. The molecule has 0 spiro atoms. The van der Waals surface area contributed by atoms with Crippen molar-refractivity contribution in [1.29, 1.82) is 0 Å². The summed E-state index contributed by atoms with van der Waals surface area (Å²) in [6, 6.07) is 14.9. The van der Waals surface area contributed by atoms with Gasteiger partial charge < -0.3 is 19.1 Å². The lowest BCUT2D eigenvalue weighted by molar-refractivity contribution is -0.735. The molecule has 0 radical (unpaired) electrons. The van der Waals surface area contributed by atoms with Gasteiger partial charge in [-0.25, -0.2) is 13.4 Å². The fourth-order valence-electron chi connectivity index (χ4n) is 3.81. The fourth-order valence-corrected chi connectivity index (χ4v) is 5.50. The van der Waals surface area contributed by atoms with Crippen LogP contribution < -0.4 is 14.3 Å². The van der Waals surface area contributed by atoms with Crippen LogP contribution in [0.4, 0.5) is 0 Å². The molecule has 0 fully saturated rings. The molecule has 0 amide bonds. The molecule has 0 saturated heterocycles. The zero-order valence-corrected chi connectivity index (χ0v) is 21.6. The predicted octanol–water partition coefficient (Wildman–Crippen LogP) is 2.54. The second kappa shape index (κ2) is 9.52. The predicted molar refractivity (Wildman–Crippen MR) is 133 cm³/mol. The molecule has 2 aromatic heterocycles. The molecule has 0 saturated carbocycles. The lowest BCUT2D eigenvalue weighted by Crippen LogP contribution is -2.44. The first-order valence-corrected chi connectivity index (χ1v) is 13.1. The first kappa shape index (κ1) is 24.8. The number of tetrazole rings is 1. The van der Waals surface area contributed by atoms with E-state index < -0.39 is 15.0 Å². The summed E-state index contributed by atoms with van der Waals surface area (Å²) < 4.78 is 47.6. The largest absolute Gasteiger partial charge is 0.744 e. The van der Waals surface area contributed by atoms with E-state index in [0.717, 1.165) is 4.70 Å². The molecule has 0 aliphatic carbocycles. The van der Waals surface area contributed by atoms with Crippen molar-refractivity contribution in [2.75, 3.05) is 14.2 Å². The molecule has 0 atom stereocenters. The van der Waals surface area contributed by atoms with E-state index in [1.165, 1.54) is 40.2 Å². The van der Waals surface area contributed by atoms with Gasteiger partial charge in [0.05, 0.1) is 46.6 Å². The van der Waals surface area contributed by atoms with Crippen molar-refractivity contribution in [3.63, 3.8) is 0 Å². The number of fused-ring (bicyclic) bond motifs is 1. The molecule has 1 N–H and O–H groups in total. The van der Waals surface area contributed by atoms with Crippen molar-refractivity contribution in [3.8, 4) is 33.7 Å². The van der Waals surface area contributed by atoms with Gasteiger partial charge in [0.15, 0.2) is 5.69 Å². The second-order valence-corrected chi connectivity index (χ2v) is 10.4. The van der Waals surface area contributed by atoms with Gasteiger partial charge >= 0.3 is 5.82 Å². The van der Waals surface area contributed by atoms with Gasteiger partial charge in [0.25, 0.3) is 5.13 Å². The molecule has 3 aromatic carbocycles. The van der Waals surface area contributed by atoms with Crippen LogP contribution >= 0.6 is 11.3 Å². The van der Waals surface area contributed by atoms with Crippen LogP contribution in [0, 0.1) is 6.92 Å². The Morgan fingerprint density at radius 1 is 1.05 bits per heavy atom. The maximum absolute atomic E-state index is 12.1. The summed E-state index contributed by atoms with van der Waals surface area (Å²) in [6.07, 6.45) is 0. The second-order valence-electron chi connectivity index (χ2n) is 8.04. The van der Waals surface area contributed by atoms with E-state index in [0.29, 0.717) is 39.0 Å². The lowest BCUT2D eigenvalue weighted by atomic mass is 10.1. The Morgan fingerprint density at radius 2 is 1.78 bits per heavy atom. The van der Waals surface area contributed by atoms with Gasteiger partial charge in [-0.3, -0.25) is 0 Å². The molecule has 2 heterocycles. The van der Waals surface area contributed by atoms with Crippen molar-refractivity contribution >= 4 is 31.7 Å². The van der Waals surface area contributed by atoms with Crippen molar-refractivity contribution in [3.05, 3.63) is 65.7 Å². The van der Waals surface area contributed by atoms with Gasteiger partial charge in [-0.2, -0.15) is 0 Å². The third-order valence-corrected chi connectivity index (χ3v) is 7.49. The maximum Gasteiger partial charge on any atom is 0.341 e. The maximum atomic E-state index is 12.1. The minimum absolute atomic E-state index is 0.00836. The summed E-state index contributed by atoms with van der Waals surface area (Å²) in [6.45, 7) is 1.36. The van der Waals surface area contributed by atoms with Gasteiger partial charge in [0.2, 0.25) is 0 Å². The molecule has 13 heteroatoms. The average Bonchev–Trinajstić information content (AvgIpc) is 3.51. The zero-order chi connectivity index (χ0) is 26.3. The number of ether oxygens (including phenoxy) is 2. The van der Waals surface area contributed by atoms with E-state index in [1.807, 2.05) is 12.1 Å². The van der Waals surface area contributed by atoms with E-state index in [4.69, 9.17) is 9.47 Å². The number of benzene rings is 3. The van der Waals surface area contributed by atoms with E-state index in [-0.39, 0.29) is 18.0 Å². The Hall–Kier alpha value is -3.91. The summed E-state index contributed by atoms with van der Waals surface area (Å²) >= 11 is 1.31. The number of hydrogen-bond donors (Lipinski definition) is 1. The molecule has 0 aliphatic rings. The van der Waals surface area contributed by atoms with Crippen LogP contribution in [0.5, 0.6) is 11.5 Å². The first-order valence-electron chi connectivity index (χ1n) is 10.9. The van der Waals surface area contributed by atoms with Gasteiger partial charge in [-0.1, -0.05) is 17.4 Å². The molecule has 11 nitrogen and oxygen atoms in total. The molecule has 0 unspecified atom stereocenters. The zero-order valence-electron chi connectivity index (χ0n) is 19.9. The minimum atomic E-state index is -4.82. The van der Waals surface area contributed by atoms with Crippen molar-refractivity contribution in [1.82, 2.24) is 20.0 Å². The number of hydrogen-bond acceptors (Lipinski definition) is 10. The molecule has 5 rings (SSSR count). The van der Waals surface area contributed by atoms with E-state index in [9.17, 15) is 18.1 Å². The third kappa shape index (κ3) is 4.64. The number of methoxy groups -OCH3 is 2. The highest BCUT2D eigenvalue weighted by atomic mass is 32.2. The van der Waals surface area contributed by atoms with E-state index >= 15 is 0 Å². The Balaban J connectivity index is 1.78. The number of aromatic nitrogens is 5. The van der Waals surface area contributed by atoms with Gasteiger partial charge in [0, 0.05) is 10.4 Å². The highest BCUT2D eigenvalue weighted by molar-refractivity contribution is 7.85. The highest BCUT2D eigenvalue weighted by Gasteiger charge is 2.30. The average molecular weight is 540 g/mol. The number of aliphatic hydroxyl groups excluding tert-OH is 1. The van der Waals surface area contributed by atoms with Crippen LogP contribution in [-0.4, -0.2) is 52.3 Å². The van der Waals surface area contributed by atoms with E-state index in [2.05, 4.69) is 15.2 Å². The van der Waals surface area contributed by atoms with Gasteiger partial charge in [0.1, 0.15) is 21.6 Å². The van der Waals surface area contributed by atoms with E-state index in [1.54, 1.807) is 44.4 Å². The summed E-state index contributed by atoms with van der Waals surface area (Å²) in [5.74, 6) is 1.19. The Morgan fingerprint density at radius 3 is 2.49 bits per heavy atom. The summed E-state index contributed by atoms with van der Waals surface area (Å²) in [5, 5.41) is 19.6. The normalized spacial score (nSPS) is 11.7. The van der Waals surface area contributed by atoms with Crippen LogP contribution in [-0.2, 0) is 16.7 Å². The van der Waals surface area contributed by atoms with Crippen LogP contribution in [0.2, 0.25) is 0 Å². The fraction of sp³-hybridized carbons (Fsp3) is 0.167. The summed E-state index contributed by atoms with van der Waals surface area (Å²) in [4.78, 5) is 7.03. The number of nitrogens with zero attached hydrogens (tertiary/aromatic N) is 5. The third-order valence-electron chi connectivity index (χ3n) is 5.63. The number of aryl methyl sites for hydroxylation is 1. The Bertz CT molecular complexity index is 1750. The van der Waals surface area contributed by atoms with Crippen molar-refractivity contribution in [2.45, 2.75) is 18.4 Å². The molecule has 37 heavy (non-hydrogen) atoms. The van der Waals surface area contributed by atoms with Crippen molar-refractivity contribution in [2.24, 2.45) is 0 Å². The Labute approximate surface area is 215 Å². The number of rotatable bonds is 7. The highest BCUT2D eigenvalue weighted by Crippen LogP contribution is 2.30. The Kier molecular flexibility index (Phi) is 6.37. The number of thiazole rings is 1. The summed E-state index contributed by atoms with van der Waals surface area (Å²) in [7, 11) is -1.73. The first-order chi connectivity index (χ1) is 17.7. The topological polar surface area (TPSA) is 143 Å². The summed E-state index contributed by atoms with van der Waals surface area (Å²) in [5.41, 5.74) is 2.28. The molecule has 0 bridgehead atoms. The van der Waals surface area contributed by atoms with Crippen LogP contribution in [0.1, 0.15) is 11.1 Å². The van der Waals surface area contributed by atoms with Gasteiger partial charge in [-0.05, 0) is 70.9 Å². The lowest BCUT2D eigenvalue weighted by Gasteiger charge is -2.10. The minimum Gasteiger partial charge on any atom is -0.744 e. The SMILES string of the molecule is COc1ccc(-[n+]2nc(-c3ccc(C)cc3S(=O)(=O)[O-])nn2-c2nc3ccc(OC)cc3s2)c(CO)c1. The quantitative estimate of drug-likeness (QED) is 0.244. The molecule has 5 aromatic rings. The smallest absolute Gasteiger partial charge is 0.341 e. The van der Waals surface area contributed by atoms with Gasteiger partial charge in [-0.15, -0.1) is 0 Å². The molecule has 190 valence electrons. The van der Waals surface area contributed by atoms with Crippen LogP contribution in [0.3, 0.4) is 0 Å². The van der Waals surface area contributed by atoms with Crippen LogP contribution in [0.15, 0.2) is 59.5 Å². The monoisotopic (exact) mass is 539 g/mol. The molecule has 0 aliphatic heterocycles. The molecular formula is C24H21N5O6S2. The van der Waals surface area contributed by atoms with Crippen LogP contribution in [0.25, 0.3) is 32.4 Å². The number of aliphatic hydroxyl groups is 1. The van der Waals surface area contributed by atoms with Crippen molar-refractivity contribution < 1.29 is 32.3 Å².